The van der Waals surface area contributed by atoms with Gasteiger partial charge in [0, 0.05) is 61.3 Å². The van der Waals surface area contributed by atoms with Gasteiger partial charge in [0.25, 0.3) is 0 Å². The van der Waals surface area contributed by atoms with Gasteiger partial charge < -0.3 is 0 Å². The lowest BCUT2D eigenvalue weighted by Gasteiger charge is -2.27. The van der Waals surface area contributed by atoms with Crippen molar-refractivity contribution >= 4 is 16.6 Å². The van der Waals surface area contributed by atoms with Crippen molar-refractivity contribution in [2.45, 2.75) is 38.0 Å². The first-order valence-electron chi connectivity index (χ1n) is 9.18. The Labute approximate surface area is 156 Å². The molecule has 3 aromatic rings. The summed E-state index contributed by atoms with van der Waals surface area (Å²) in [5.74, 6) is -2.87. The number of nitrogens with zero attached hydrogens (tertiary/aromatic N) is 3. The molecule has 6 heteroatoms. The van der Waals surface area contributed by atoms with E-state index in [0.29, 0.717) is 5.69 Å². The Kier molecular flexibility index (Phi) is 4.50. The highest BCUT2D eigenvalue weighted by Crippen LogP contribution is 2.36. The molecule has 0 spiro atoms. The zero-order valence-corrected chi connectivity index (χ0v) is 15.2. The number of pyridine rings is 1. The van der Waals surface area contributed by atoms with Gasteiger partial charge in [0.05, 0.1) is 6.20 Å². The van der Waals surface area contributed by atoms with E-state index in [4.69, 9.17) is 0 Å². The summed E-state index contributed by atoms with van der Waals surface area (Å²) in [4.78, 5) is 16.9. The van der Waals surface area contributed by atoms with E-state index in [1.165, 1.54) is 0 Å². The first-order valence-corrected chi connectivity index (χ1v) is 9.18. The van der Waals surface area contributed by atoms with Crippen molar-refractivity contribution in [3.05, 3.63) is 48.5 Å². The van der Waals surface area contributed by atoms with Crippen LogP contribution >= 0.6 is 0 Å². The van der Waals surface area contributed by atoms with Crippen molar-refractivity contribution in [2.24, 2.45) is 13.0 Å². The van der Waals surface area contributed by atoms with Crippen LogP contribution in [0, 0.1) is 5.92 Å². The van der Waals surface area contributed by atoms with Gasteiger partial charge in [-0.15, -0.1) is 0 Å². The highest BCUT2D eigenvalue weighted by molar-refractivity contribution is 5.88. The lowest BCUT2D eigenvalue weighted by molar-refractivity contribution is -0.126. The Hall–Kier alpha value is -2.63. The van der Waals surface area contributed by atoms with Gasteiger partial charge in [-0.2, -0.15) is 5.10 Å². The van der Waals surface area contributed by atoms with Gasteiger partial charge >= 0.3 is 0 Å². The molecule has 1 aromatic carbocycles. The SMILES string of the molecule is Cn1cc(-c2ccc3cnc(CC(=O)C4CCC(F)(F)CC4)cc3c2)cn1. The Bertz CT molecular complexity index is 986. The molecule has 1 saturated carbocycles. The van der Waals surface area contributed by atoms with Crippen molar-refractivity contribution in [3.8, 4) is 11.1 Å². The Morgan fingerprint density at radius 2 is 1.93 bits per heavy atom. The number of fused-ring (bicyclic) bond motifs is 1. The number of carbonyl (C=O) groups excluding carboxylic acids is 1. The van der Waals surface area contributed by atoms with Crippen molar-refractivity contribution in [1.29, 1.82) is 0 Å². The van der Waals surface area contributed by atoms with Crippen LogP contribution < -0.4 is 0 Å². The summed E-state index contributed by atoms with van der Waals surface area (Å²) < 4.78 is 28.3. The Morgan fingerprint density at radius 3 is 2.63 bits per heavy atom. The zero-order chi connectivity index (χ0) is 19.0. The van der Waals surface area contributed by atoms with Crippen LogP contribution in [0.15, 0.2) is 42.9 Å². The average molecular weight is 369 g/mol. The molecule has 0 N–H and O–H groups in total. The zero-order valence-electron chi connectivity index (χ0n) is 15.2. The van der Waals surface area contributed by atoms with Crippen molar-refractivity contribution in [2.75, 3.05) is 0 Å². The molecule has 1 aliphatic carbocycles. The summed E-state index contributed by atoms with van der Waals surface area (Å²) in [6.45, 7) is 0. The standard InChI is InChI=1S/C21H21F2N3O/c1-26-13-18(12-25-26)15-2-3-16-11-24-19(9-17(16)8-15)10-20(27)14-4-6-21(22,23)7-5-14/h2-3,8-9,11-14H,4-7,10H2,1H3. The molecule has 0 aliphatic heterocycles. The third-order valence-corrected chi connectivity index (χ3v) is 5.34. The molecule has 140 valence electrons. The minimum atomic E-state index is -2.61. The first kappa shape index (κ1) is 17.8. The summed E-state index contributed by atoms with van der Waals surface area (Å²) in [6, 6.07) is 8.00. The minimum Gasteiger partial charge on any atom is -0.299 e. The maximum Gasteiger partial charge on any atom is 0.248 e. The molecule has 2 aromatic heterocycles. The maximum atomic E-state index is 13.3. The summed E-state index contributed by atoms with van der Waals surface area (Å²) in [6.07, 6.45) is 5.88. The van der Waals surface area contributed by atoms with Crippen LogP contribution in [0.3, 0.4) is 0 Å². The number of alkyl halides is 2. The van der Waals surface area contributed by atoms with E-state index in [0.717, 1.165) is 21.9 Å². The third kappa shape index (κ3) is 3.89. The van der Waals surface area contributed by atoms with Crippen LogP contribution in [0.1, 0.15) is 31.4 Å². The molecule has 2 heterocycles. The third-order valence-electron chi connectivity index (χ3n) is 5.34. The Morgan fingerprint density at radius 1 is 1.15 bits per heavy atom. The van der Waals surface area contributed by atoms with Crippen LogP contribution in [-0.4, -0.2) is 26.5 Å². The molecular weight excluding hydrogens is 348 g/mol. The van der Waals surface area contributed by atoms with Crippen molar-refractivity contribution in [3.63, 3.8) is 0 Å². The largest absolute Gasteiger partial charge is 0.299 e. The van der Waals surface area contributed by atoms with E-state index in [-0.39, 0.29) is 43.8 Å². The number of hydrogen-bond acceptors (Lipinski definition) is 3. The average Bonchev–Trinajstić information content (AvgIpc) is 3.07. The van der Waals surface area contributed by atoms with E-state index in [1.54, 1.807) is 10.9 Å². The Balaban J connectivity index is 1.53. The highest BCUT2D eigenvalue weighted by atomic mass is 19.3. The minimum absolute atomic E-state index is 0.0146. The van der Waals surface area contributed by atoms with Crippen LogP contribution in [-0.2, 0) is 18.3 Å². The second-order valence-corrected chi connectivity index (χ2v) is 7.41. The smallest absolute Gasteiger partial charge is 0.248 e. The number of hydrogen-bond donors (Lipinski definition) is 0. The molecule has 0 radical (unpaired) electrons. The van der Waals surface area contributed by atoms with Crippen molar-refractivity contribution < 1.29 is 13.6 Å². The van der Waals surface area contributed by atoms with Crippen LogP contribution in [0.4, 0.5) is 8.78 Å². The number of Topliss-reactive ketones (excluding diaryl/α,β-unsaturated/α-hetero) is 1. The summed E-state index contributed by atoms with van der Waals surface area (Å²) in [5, 5.41) is 6.20. The van der Waals surface area contributed by atoms with E-state index < -0.39 is 5.92 Å². The summed E-state index contributed by atoms with van der Waals surface area (Å²) >= 11 is 0. The number of aryl methyl sites for hydroxylation is 1. The molecule has 0 amide bonds. The van der Waals surface area contributed by atoms with Gasteiger partial charge in [-0.1, -0.05) is 12.1 Å². The van der Waals surface area contributed by atoms with Crippen molar-refractivity contribution in [1.82, 2.24) is 14.8 Å². The van der Waals surface area contributed by atoms with E-state index in [1.807, 2.05) is 37.6 Å². The molecule has 1 fully saturated rings. The molecule has 0 unspecified atom stereocenters. The number of halogens is 2. The van der Waals surface area contributed by atoms with Gasteiger partial charge in [-0.25, -0.2) is 8.78 Å². The van der Waals surface area contributed by atoms with Gasteiger partial charge in [-0.3, -0.25) is 14.5 Å². The molecular formula is C21H21F2N3O. The quantitative estimate of drug-likeness (QED) is 0.677. The lowest BCUT2D eigenvalue weighted by atomic mass is 9.83. The number of rotatable bonds is 4. The fourth-order valence-electron chi connectivity index (χ4n) is 3.72. The van der Waals surface area contributed by atoms with Crippen LogP contribution in [0.5, 0.6) is 0 Å². The number of aromatic nitrogens is 3. The predicted molar refractivity (Wildman–Crippen MR) is 99.6 cm³/mol. The predicted octanol–water partition coefficient (Wildman–Crippen LogP) is 4.57. The van der Waals surface area contributed by atoms with Crippen LogP contribution in [0.2, 0.25) is 0 Å². The second-order valence-electron chi connectivity index (χ2n) is 7.41. The summed E-state index contributed by atoms with van der Waals surface area (Å²) in [5.41, 5.74) is 2.76. The molecule has 4 nitrogen and oxygen atoms in total. The van der Waals surface area contributed by atoms with Crippen LogP contribution in [0.25, 0.3) is 21.9 Å². The molecule has 0 saturated heterocycles. The first-order chi connectivity index (χ1) is 12.9. The van der Waals surface area contributed by atoms with E-state index in [9.17, 15) is 13.6 Å². The number of carbonyl (C=O) groups is 1. The number of benzene rings is 1. The molecule has 27 heavy (non-hydrogen) atoms. The molecule has 1 aliphatic rings. The number of ketones is 1. The van der Waals surface area contributed by atoms with Gasteiger partial charge in [0.2, 0.25) is 5.92 Å². The lowest BCUT2D eigenvalue weighted by Crippen LogP contribution is -2.29. The van der Waals surface area contributed by atoms with Gasteiger partial charge in [0.1, 0.15) is 5.78 Å². The maximum absolute atomic E-state index is 13.3. The van der Waals surface area contributed by atoms with E-state index in [2.05, 4.69) is 16.1 Å². The second kappa shape index (κ2) is 6.83. The van der Waals surface area contributed by atoms with Gasteiger partial charge in [0.15, 0.2) is 0 Å². The fourth-order valence-corrected chi connectivity index (χ4v) is 3.72. The fraction of sp³-hybridized carbons (Fsp3) is 0.381. The molecule has 0 bridgehead atoms. The normalized spacial score (nSPS) is 17.3. The molecule has 4 rings (SSSR count). The highest BCUT2D eigenvalue weighted by Gasteiger charge is 2.37. The summed E-state index contributed by atoms with van der Waals surface area (Å²) in [7, 11) is 1.87. The monoisotopic (exact) mass is 369 g/mol. The van der Waals surface area contributed by atoms with E-state index >= 15 is 0 Å². The molecule has 0 atom stereocenters. The topological polar surface area (TPSA) is 47.8 Å². The van der Waals surface area contributed by atoms with Gasteiger partial charge in [-0.05, 0) is 35.9 Å².